The minimum atomic E-state index is -2.87. The van der Waals surface area contributed by atoms with E-state index in [0.29, 0.717) is 30.0 Å². The van der Waals surface area contributed by atoms with Crippen LogP contribution in [0, 0.1) is 5.92 Å². The number of amides is 1. The Morgan fingerprint density at radius 2 is 2.00 bits per heavy atom. The molecule has 0 saturated carbocycles. The molecule has 104 valence electrons. The summed E-state index contributed by atoms with van der Waals surface area (Å²) in [6.07, 6.45) is 1.51. The number of halogens is 1. The summed E-state index contributed by atoms with van der Waals surface area (Å²) in [6, 6.07) is 6.97. The molecule has 0 bridgehead atoms. The zero-order valence-electron chi connectivity index (χ0n) is 10.4. The average molecular weight is 302 g/mol. The Bertz CT molecular complexity index is 557. The summed E-state index contributed by atoms with van der Waals surface area (Å²) in [6.45, 7) is 0. The average Bonchev–Trinajstić information content (AvgIpc) is 2.32. The molecule has 1 aliphatic rings. The van der Waals surface area contributed by atoms with Gasteiger partial charge in [-0.2, -0.15) is 0 Å². The molecule has 6 heteroatoms. The third kappa shape index (κ3) is 4.51. The highest BCUT2D eigenvalue weighted by molar-refractivity contribution is 7.91. The highest BCUT2D eigenvalue weighted by Gasteiger charge is 2.25. The molecule has 1 saturated heterocycles. The fourth-order valence-corrected chi connectivity index (χ4v) is 3.96. The van der Waals surface area contributed by atoms with Crippen molar-refractivity contribution < 1.29 is 13.2 Å². The van der Waals surface area contributed by atoms with Crippen molar-refractivity contribution in [2.75, 3.05) is 16.8 Å². The molecule has 1 amide bonds. The molecule has 19 heavy (non-hydrogen) atoms. The number of rotatable bonds is 3. The van der Waals surface area contributed by atoms with Crippen LogP contribution in [0.2, 0.25) is 5.02 Å². The molecule has 0 aliphatic carbocycles. The summed E-state index contributed by atoms with van der Waals surface area (Å²) in [7, 11) is -2.87. The summed E-state index contributed by atoms with van der Waals surface area (Å²) < 4.78 is 22.6. The van der Waals surface area contributed by atoms with Gasteiger partial charge in [-0.15, -0.1) is 0 Å². The molecule has 2 rings (SSSR count). The largest absolute Gasteiger partial charge is 0.326 e. The van der Waals surface area contributed by atoms with E-state index in [2.05, 4.69) is 5.32 Å². The van der Waals surface area contributed by atoms with Crippen molar-refractivity contribution in [3.8, 4) is 0 Å². The molecular formula is C13H16ClNO3S. The van der Waals surface area contributed by atoms with Crippen LogP contribution in [-0.4, -0.2) is 25.8 Å². The highest BCUT2D eigenvalue weighted by atomic mass is 35.5. The number of anilines is 1. The summed E-state index contributed by atoms with van der Waals surface area (Å²) in [5, 5.41) is 3.35. The van der Waals surface area contributed by atoms with Crippen LogP contribution in [0.1, 0.15) is 19.3 Å². The minimum Gasteiger partial charge on any atom is -0.326 e. The van der Waals surface area contributed by atoms with E-state index in [-0.39, 0.29) is 23.3 Å². The Hall–Kier alpha value is -1.07. The van der Waals surface area contributed by atoms with Crippen molar-refractivity contribution in [2.45, 2.75) is 19.3 Å². The summed E-state index contributed by atoms with van der Waals surface area (Å²) >= 11 is 5.83. The number of benzene rings is 1. The van der Waals surface area contributed by atoms with Crippen LogP contribution in [0.4, 0.5) is 5.69 Å². The molecular weight excluding hydrogens is 286 g/mol. The van der Waals surface area contributed by atoms with Gasteiger partial charge in [0, 0.05) is 17.1 Å². The van der Waals surface area contributed by atoms with Crippen molar-refractivity contribution in [3.63, 3.8) is 0 Å². The van der Waals surface area contributed by atoms with Gasteiger partial charge in [0.05, 0.1) is 11.5 Å². The second-order valence-electron chi connectivity index (χ2n) is 4.86. The lowest BCUT2D eigenvalue weighted by molar-refractivity contribution is -0.117. The first-order valence-corrected chi connectivity index (χ1v) is 8.40. The van der Waals surface area contributed by atoms with E-state index < -0.39 is 9.84 Å². The Morgan fingerprint density at radius 1 is 1.32 bits per heavy atom. The number of carbonyl (C=O) groups excluding carboxylic acids is 1. The Kier molecular flexibility index (Phi) is 4.47. The predicted molar refractivity (Wildman–Crippen MR) is 76.1 cm³/mol. The molecule has 1 N–H and O–H groups in total. The number of hydrogen-bond donors (Lipinski definition) is 1. The van der Waals surface area contributed by atoms with Gasteiger partial charge in [0.15, 0.2) is 0 Å². The molecule has 1 aliphatic heterocycles. The standard InChI is InChI=1S/C13H16ClNO3S/c14-11-2-1-3-12(9-11)15-13(16)8-10-4-6-19(17,18)7-5-10/h1-3,9-10H,4-8H2,(H,15,16). The van der Waals surface area contributed by atoms with E-state index >= 15 is 0 Å². The molecule has 0 spiro atoms. The molecule has 1 aromatic carbocycles. The lowest BCUT2D eigenvalue weighted by Crippen LogP contribution is -2.26. The number of hydrogen-bond acceptors (Lipinski definition) is 3. The van der Waals surface area contributed by atoms with Gasteiger partial charge < -0.3 is 5.32 Å². The van der Waals surface area contributed by atoms with Crippen LogP contribution in [0.15, 0.2) is 24.3 Å². The zero-order valence-corrected chi connectivity index (χ0v) is 12.0. The first-order valence-electron chi connectivity index (χ1n) is 6.20. The molecule has 0 radical (unpaired) electrons. The van der Waals surface area contributed by atoms with Gasteiger partial charge in [0.2, 0.25) is 5.91 Å². The van der Waals surface area contributed by atoms with Gasteiger partial charge in [0.1, 0.15) is 9.84 Å². The maximum atomic E-state index is 11.8. The van der Waals surface area contributed by atoms with Crippen LogP contribution < -0.4 is 5.32 Å². The lowest BCUT2D eigenvalue weighted by atomic mass is 9.98. The van der Waals surface area contributed by atoms with Gasteiger partial charge >= 0.3 is 0 Å². The monoisotopic (exact) mass is 301 g/mol. The smallest absolute Gasteiger partial charge is 0.224 e. The van der Waals surface area contributed by atoms with Crippen molar-refractivity contribution in [1.82, 2.24) is 0 Å². The third-order valence-electron chi connectivity index (χ3n) is 3.26. The van der Waals surface area contributed by atoms with Crippen LogP contribution in [0.25, 0.3) is 0 Å². The van der Waals surface area contributed by atoms with E-state index in [1.165, 1.54) is 0 Å². The van der Waals surface area contributed by atoms with E-state index in [1.54, 1.807) is 24.3 Å². The summed E-state index contributed by atoms with van der Waals surface area (Å²) in [5.41, 5.74) is 0.668. The van der Waals surface area contributed by atoms with Crippen molar-refractivity contribution >= 4 is 33.0 Å². The van der Waals surface area contributed by atoms with Gasteiger partial charge in [0.25, 0.3) is 0 Å². The van der Waals surface area contributed by atoms with Crippen LogP contribution in [0.3, 0.4) is 0 Å². The van der Waals surface area contributed by atoms with Gasteiger partial charge in [-0.1, -0.05) is 17.7 Å². The topological polar surface area (TPSA) is 63.2 Å². The van der Waals surface area contributed by atoms with Gasteiger partial charge in [-0.05, 0) is 37.0 Å². The molecule has 1 fully saturated rings. The lowest BCUT2D eigenvalue weighted by Gasteiger charge is -2.21. The molecule has 0 unspecified atom stereocenters. The quantitative estimate of drug-likeness (QED) is 0.933. The van der Waals surface area contributed by atoms with E-state index in [0.717, 1.165) is 0 Å². The Morgan fingerprint density at radius 3 is 2.63 bits per heavy atom. The maximum absolute atomic E-state index is 11.8. The first-order chi connectivity index (χ1) is 8.94. The normalized spacial score (nSPS) is 19.0. The second kappa shape index (κ2) is 5.92. The van der Waals surface area contributed by atoms with Crippen LogP contribution in [0.5, 0.6) is 0 Å². The molecule has 1 heterocycles. The molecule has 0 atom stereocenters. The minimum absolute atomic E-state index is 0.0911. The molecule has 1 aromatic rings. The van der Waals surface area contributed by atoms with Crippen LogP contribution in [-0.2, 0) is 14.6 Å². The number of sulfone groups is 1. The Balaban J connectivity index is 1.85. The van der Waals surface area contributed by atoms with Crippen molar-refractivity contribution in [1.29, 1.82) is 0 Å². The molecule has 0 aromatic heterocycles. The first kappa shape index (κ1) is 14.3. The molecule has 4 nitrogen and oxygen atoms in total. The number of carbonyl (C=O) groups is 1. The van der Waals surface area contributed by atoms with E-state index in [1.807, 2.05) is 0 Å². The predicted octanol–water partition coefficient (Wildman–Crippen LogP) is 2.49. The Labute approximate surface area is 118 Å². The highest BCUT2D eigenvalue weighted by Crippen LogP contribution is 2.23. The fraction of sp³-hybridized carbons (Fsp3) is 0.462. The van der Waals surface area contributed by atoms with Crippen LogP contribution >= 0.6 is 11.6 Å². The third-order valence-corrected chi connectivity index (χ3v) is 5.21. The van der Waals surface area contributed by atoms with E-state index in [4.69, 9.17) is 11.6 Å². The van der Waals surface area contributed by atoms with Crippen molar-refractivity contribution in [3.05, 3.63) is 29.3 Å². The summed E-state index contributed by atoms with van der Waals surface area (Å²) in [4.78, 5) is 11.8. The number of nitrogens with one attached hydrogen (secondary N) is 1. The van der Waals surface area contributed by atoms with Gasteiger partial charge in [-0.25, -0.2) is 8.42 Å². The van der Waals surface area contributed by atoms with Gasteiger partial charge in [-0.3, -0.25) is 4.79 Å². The SMILES string of the molecule is O=C(CC1CCS(=O)(=O)CC1)Nc1cccc(Cl)c1. The fourth-order valence-electron chi connectivity index (χ4n) is 2.18. The van der Waals surface area contributed by atoms with Crippen molar-refractivity contribution in [2.24, 2.45) is 5.92 Å². The summed E-state index contributed by atoms with van der Waals surface area (Å²) in [5.74, 6) is 0.457. The second-order valence-corrected chi connectivity index (χ2v) is 7.60. The van der Waals surface area contributed by atoms with E-state index in [9.17, 15) is 13.2 Å². The maximum Gasteiger partial charge on any atom is 0.224 e. The zero-order chi connectivity index (χ0) is 13.9.